The number of halogens is 1. The zero-order valence-electron chi connectivity index (χ0n) is 16.2. The van der Waals surface area contributed by atoms with Gasteiger partial charge in [0.15, 0.2) is 5.96 Å². The number of aryl methyl sites for hydroxylation is 1. The minimum atomic E-state index is 0. The fraction of sp³-hybridized carbons (Fsp3) is 0.524. The molecule has 4 rings (SSSR count). The third-order valence-corrected chi connectivity index (χ3v) is 6.82. The quantitative estimate of drug-likeness (QED) is 0.378. The summed E-state index contributed by atoms with van der Waals surface area (Å²) in [5.41, 5.74) is 4.26. The van der Waals surface area contributed by atoms with Crippen molar-refractivity contribution in [1.29, 1.82) is 0 Å². The number of likely N-dealkylation sites (tertiary alicyclic amines) is 1. The highest BCUT2D eigenvalue weighted by Crippen LogP contribution is 2.47. The Kier molecular flexibility index (Phi) is 6.78. The summed E-state index contributed by atoms with van der Waals surface area (Å²) >= 11 is 1.73. The molecule has 0 unspecified atom stereocenters. The normalized spacial score (nSPS) is 18.3. The fourth-order valence-corrected chi connectivity index (χ4v) is 4.95. The molecule has 1 aromatic heterocycles. The van der Waals surface area contributed by atoms with Gasteiger partial charge in [0.1, 0.15) is 5.01 Å². The second kappa shape index (κ2) is 8.90. The van der Waals surface area contributed by atoms with Crippen LogP contribution < -0.4 is 5.32 Å². The molecule has 2 heterocycles. The second-order valence-corrected chi connectivity index (χ2v) is 8.62. The number of aromatic nitrogens is 1. The van der Waals surface area contributed by atoms with Gasteiger partial charge < -0.3 is 10.2 Å². The van der Waals surface area contributed by atoms with Crippen LogP contribution in [0, 0.1) is 12.3 Å². The van der Waals surface area contributed by atoms with Crippen molar-refractivity contribution in [3.8, 4) is 10.6 Å². The molecule has 1 spiro atoms. The van der Waals surface area contributed by atoms with E-state index in [1.54, 1.807) is 11.3 Å². The molecule has 2 aromatic rings. The van der Waals surface area contributed by atoms with Crippen molar-refractivity contribution in [2.75, 3.05) is 26.7 Å². The lowest BCUT2D eigenvalue weighted by Crippen LogP contribution is -2.43. The third-order valence-electron chi connectivity index (χ3n) is 5.88. The number of thiazole rings is 1. The third kappa shape index (κ3) is 4.65. The number of rotatable bonds is 4. The highest BCUT2D eigenvalue weighted by molar-refractivity contribution is 14.0. The van der Waals surface area contributed by atoms with Gasteiger partial charge in [-0.05, 0) is 31.6 Å². The molecule has 1 aromatic carbocycles. The van der Waals surface area contributed by atoms with Crippen LogP contribution in [0.15, 0.2) is 34.6 Å². The van der Waals surface area contributed by atoms with Crippen LogP contribution in [0.1, 0.15) is 36.9 Å². The van der Waals surface area contributed by atoms with E-state index in [1.165, 1.54) is 43.4 Å². The summed E-state index contributed by atoms with van der Waals surface area (Å²) in [6.45, 7) is 5.32. The summed E-state index contributed by atoms with van der Waals surface area (Å²) in [6.07, 6.45) is 6.48. The molecular formula is C21H29IN4S. The standard InChI is InChI=1S/C21H28N4S.HI/c1-16-4-6-17(7-5-16)19-24-18(14-26-19)8-12-23-20(22-2)25-13-11-21(15-25)9-3-10-21;/h4-7,14H,3,8-13,15H2,1-2H3,(H,22,23);1H. The van der Waals surface area contributed by atoms with Crippen molar-refractivity contribution in [2.45, 2.75) is 39.0 Å². The number of hydrogen-bond donors (Lipinski definition) is 1. The lowest BCUT2D eigenvalue weighted by Gasteiger charge is -2.38. The maximum absolute atomic E-state index is 4.80. The van der Waals surface area contributed by atoms with Crippen molar-refractivity contribution in [1.82, 2.24) is 15.2 Å². The van der Waals surface area contributed by atoms with Crippen LogP contribution in [0.3, 0.4) is 0 Å². The molecule has 2 fully saturated rings. The molecule has 1 aliphatic carbocycles. The molecule has 6 heteroatoms. The lowest BCUT2D eigenvalue weighted by molar-refractivity contribution is 0.151. The van der Waals surface area contributed by atoms with Gasteiger partial charge in [-0.15, -0.1) is 35.3 Å². The first-order valence-corrected chi connectivity index (χ1v) is 10.5. The van der Waals surface area contributed by atoms with Gasteiger partial charge in [0.25, 0.3) is 0 Å². The Morgan fingerprint density at radius 3 is 2.67 bits per heavy atom. The average Bonchev–Trinajstić information content (AvgIpc) is 3.27. The molecule has 1 saturated carbocycles. The topological polar surface area (TPSA) is 40.5 Å². The Labute approximate surface area is 183 Å². The van der Waals surface area contributed by atoms with E-state index in [-0.39, 0.29) is 24.0 Å². The first kappa shape index (κ1) is 20.6. The van der Waals surface area contributed by atoms with E-state index in [0.717, 1.165) is 36.2 Å². The second-order valence-electron chi connectivity index (χ2n) is 7.76. The van der Waals surface area contributed by atoms with E-state index in [4.69, 9.17) is 4.98 Å². The van der Waals surface area contributed by atoms with Crippen LogP contribution in [0.4, 0.5) is 0 Å². The first-order chi connectivity index (χ1) is 12.7. The summed E-state index contributed by atoms with van der Waals surface area (Å²) in [6, 6.07) is 8.60. The van der Waals surface area contributed by atoms with E-state index in [1.807, 2.05) is 7.05 Å². The molecule has 4 nitrogen and oxygen atoms in total. The molecule has 1 aliphatic heterocycles. The molecule has 1 N–H and O–H groups in total. The summed E-state index contributed by atoms with van der Waals surface area (Å²) in [7, 11) is 1.90. The van der Waals surface area contributed by atoms with Gasteiger partial charge in [0.05, 0.1) is 5.69 Å². The van der Waals surface area contributed by atoms with E-state index >= 15 is 0 Å². The molecule has 2 aliphatic rings. The van der Waals surface area contributed by atoms with Gasteiger partial charge in [0, 0.05) is 44.0 Å². The Bertz CT molecular complexity index is 780. The number of nitrogens with one attached hydrogen (secondary N) is 1. The molecular weight excluding hydrogens is 467 g/mol. The lowest BCUT2D eigenvalue weighted by atomic mass is 9.68. The largest absolute Gasteiger partial charge is 0.356 e. The first-order valence-electron chi connectivity index (χ1n) is 9.65. The predicted molar refractivity (Wildman–Crippen MR) is 125 cm³/mol. The van der Waals surface area contributed by atoms with Gasteiger partial charge in [0.2, 0.25) is 0 Å². The van der Waals surface area contributed by atoms with E-state index < -0.39 is 0 Å². The smallest absolute Gasteiger partial charge is 0.193 e. The molecule has 0 atom stereocenters. The van der Waals surface area contributed by atoms with E-state index in [9.17, 15) is 0 Å². The summed E-state index contributed by atoms with van der Waals surface area (Å²) in [5, 5.41) is 6.83. The molecule has 1 saturated heterocycles. The molecule has 0 radical (unpaired) electrons. The van der Waals surface area contributed by atoms with E-state index in [2.05, 4.69) is 51.8 Å². The van der Waals surface area contributed by atoms with Crippen LogP contribution in [0.2, 0.25) is 0 Å². The number of hydrogen-bond acceptors (Lipinski definition) is 3. The predicted octanol–water partition coefficient (Wildman–Crippen LogP) is 4.73. The van der Waals surface area contributed by atoms with Crippen LogP contribution in [-0.4, -0.2) is 42.5 Å². The van der Waals surface area contributed by atoms with Crippen LogP contribution in [-0.2, 0) is 6.42 Å². The summed E-state index contributed by atoms with van der Waals surface area (Å²) in [5.74, 6) is 1.06. The average molecular weight is 496 g/mol. The van der Waals surface area contributed by atoms with Crippen molar-refractivity contribution >= 4 is 41.3 Å². The maximum Gasteiger partial charge on any atom is 0.193 e. The molecule has 0 bridgehead atoms. The number of benzene rings is 1. The van der Waals surface area contributed by atoms with Crippen LogP contribution in [0.25, 0.3) is 10.6 Å². The van der Waals surface area contributed by atoms with Crippen LogP contribution in [0.5, 0.6) is 0 Å². The van der Waals surface area contributed by atoms with Crippen molar-refractivity contribution < 1.29 is 0 Å². The Balaban J connectivity index is 0.00000210. The SMILES string of the molecule is CN=C(NCCc1csc(-c2ccc(C)cc2)n1)N1CCC2(CCC2)C1.I. The van der Waals surface area contributed by atoms with E-state index in [0.29, 0.717) is 5.41 Å². The monoisotopic (exact) mass is 496 g/mol. The van der Waals surface area contributed by atoms with Crippen molar-refractivity contribution in [3.63, 3.8) is 0 Å². The van der Waals surface area contributed by atoms with Crippen molar-refractivity contribution in [3.05, 3.63) is 40.9 Å². The van der Waals surface area contributed by atoms with Gasteiger partial charge >= 0.3 is 0 Å². The van der Waals surface area contributed by atoms with Gasteiger partial charge in [-0.3, -0.25) is 4.99 Å². The molecule has 146 valence electrons. The van der Waals surface area contributed by atoms with Gasteiger partial charge in [-0.2, -0.15) is 0 Å². The molecule has 27 heavy (non-hydrogen) atoms. The number of nitrogens with zero attached hydrogens (tertiary/aromatic N) is 3. The highest BCUT2D eigenvalue weighted by Gasteiger charge is 2.43. The fourth-order valence-electron chi connectivity index (χ4n) is 4.09. The van der Waals surface area contributed by atoms with Crippen molar-refractivity contribution in [2.24, 2.45) is 10.4 Å². The minimum Gasteiger partial charge on any atom is -0.356 e. The Morgan fingerprint density at radius 1 is 1.26 bits per heavy atom. The number of guanidine groups is 1. The molecule has 0 amide bonds. The highest BCUT2D eigenvalue weighted by atomic mass is 127. The van der Waals surface area contributed by atoms with Gasteiger partial charge in [-0.1, -0.05) is 36.2 Å². The summed E-state index contributed by atoms with van der Waals surface area (Å²) < 4.78 is 0. The maximum atomic E-state index is 4.80. The van der Waals surface area contributed by atoms with Crippen LogP contribution >= 0.6 is 35.3 Å². The minimum absolute atomic E-state index is 0. The Hall–Kier alpha value is -1.15. The summed E-state index contributed by atoms with van der Waals surface area (Å²) in [4.78, 5) is 11.7. The zero-order valence-corrected chi connectivity index (χ0v) is 19.3. The van der Waals surface area contributed by atoms with Gasteiger partial charge in [-0.25, -0.2) is 4.98 Å². The number of aliphatic imine (C=N–C) groups is 1. The Morgan fingerprint density at radius 2 is 2.04 bits per heavy atom. The zero-order chi connectivity index (χ0) is 18.0.